The summed E-state index contributed by atoms with van der Waals surface area (Å²) in [5.41, 5.74) is 3.50. The molecule has 1 aromatic rings. The smallest absolute Gasteiger partial charge is 0.338 e. The molecule has 0 aromatic heterocycles. The molecule has 1 aliphatic heterocycles. The van der Waals surface area contributed by atoms with Crippen molar-refractivity contribution >= 4 is 5.97 Å². The number of carbonyl (C=O) groups excluding carboxylic acids is 1. The molecule has 3 nitrogen and oxygen atoms in total. The Balaban J connectivity index is 1.77. The predicted molar refractivity (Wildman–Crippen MR) is 78.6 cm³/mol. The summed E-state index contributed by atoms with van der Waals surface area (Å²) in [6, 6.07) is 6.21. The van der Waals surface area contributed by atoms with Crippen LogP contribution in [0.15, 0.2) is 18.2 Å². The predicted octanol–water partition coefficient (Wildman–Crippen LogP) is 3.87. The minimum Gasteiger partial charge on any atom is -0.464 e. The first kappa shape index (κ1) is 15.0. The Hall–Kier alpha value is -1.35. The second-order valence-corrected chi connectivity index (χ2v) is 5.57. The van der Waals surface area contributed by atoms with Crippen LogP contribution in [0.2, 0.25) is 0 Å². The number of rotatable bonds is 7. The van der Waals surface area contributed by atoms with Gasteiger partial charge in [0.05, 0.1) is 6.61 Å². The molecule has 2 rings (SSSR count). The van der Waals surface area contributed by atoms with E-state index in [4.69, 9.17) is 9.47 Å². The lowest BCUT2D eigenvalue weighted by atomic mass is 10.0. The van der Waals surface area contributed by atoms with E-state index in [0.29, 0.717) is 6.61 Å². The molecule has 3 heteroatoms. The van der Waals surface area contributed by atoms with Gasteiger partial charge in [0.15, 0.2) is 6.10 Å². The minimum atomic E-state index is -0.400. The van der Waals surface area contributed by atoms with Gasteiger partial charge in [-0.25, -0.2) is 4.79 Å². The van der Waals surface area contributed by atoms with Gasteiger partial charge in [-0.05, 0) is 31.4 Å². The molecule has 1 fully saturated rings. The number of epoxide rings is 1. The van der Waals surface area contributed by atoms with Gasteiger partial charge in [0.25, 0.3) is 0 Å². The van der Waals surface area contributed by atoms with Crippen LogP contribution in [0.5, 0.6) is 0 Å². The van der Waals surface area contributed by atoms with E-state index in [9.17, 15) is 4.79 Å². The Bertz CT molecular complexity index is 467. The van der Waals surface area contributed by atoms with Crippen LogP contribution in [0.1, 0.15) is 55.4 Å². The van der Waals surface area contributed by atoms with Gasteiger partial charge in [-0.2, -0.15) is 0 Å². The molecule has 0 bridgehead atoms. The molecule has 0 amide bonds. The maximum Gasteiger partial charge on any atom is 0.338 e. The second kappa shape index (κ2) is 6.89. The average molecular weight is 276 g/mol. The third-order valence-electron chi connectivity index (χ3n) is 3.70. The van der Waals surface area contributed by atoms with E-state index in [1.807, 2.05) is 6.07 Å². The molecule has 0 aliphatic carbocycles. The van der Waals surface area contributed by atoms with Gasteiger partial charge in [-0.15, -0.1) is 0 Å². The van der Waals surface area contributed by atoms with Crippen molar-refractivity contribution in [2.24, 2.45) is 0 Å². The van der Waals surface area contributed by atoms with Crippen LogP contribution in [0, 0.1) is 13.8 Å². The molecule has 0 radical (unpaired) electrons. The van der Waals surface area contributed by atoms with E-state index in [1.165, 1.54) is 24.0 Å². The zero-order chi connectivity index (χ0) is 14.5. The third kappa shape index (κ3) is 3.83. The Morgan fingerprint density at radius 1 is 1.25 bits per heavy atom. The molecule has 0 spiro atoms. The zero-order valence-corrected chi connectivity index (χ0v) is 12.6. The highest BCUT2D eigenvalue weighted by Gasteiger charge is 2.47. The molecular weight excluding hydrogens is 252 g/mol. The third-order valence-corrected chi connectivity index (χ3v) is 3.70. The first-order valence-electron chi connectivity index (χ1n) is 7.52. The monoisotopic (exact) mass is 276 g/mol. The zero-order valence-electron chi connectivity index (χ0n) is 12.6. The van der Waals surface area contributed by atoms with E-state index in [1.54, 1.807) is 0 Å². The first-order chi connectivity index (χ1) is 9.63. The maximum atomic E-state index is 11.9. The largest absolute Gasteiger partial charge is 0.464 e. The molecule has 20 heavy (non-hydrogen) atoms. The van der Waals surface area contributed by atoms with Crippen LogP contribution in [0.4, 0.5) is 0 Å². The van der Waals surface area contributed by atoms with Gasteiger partial charge in [-0.1, -0.05) is 49.9 Å². The quantitative estimate of drug-likeness (QED) is 0.431. The second-order valence-electron chi connectivity index (χ2n) is 5.57. The molecule has 1 heterocycles. The molecule has 1 saturated heterocycles. The normalized spacial score (nSPS) is 20.8. The molecule has 0 N–H and O–H groups in total. The SMILES string of the molecule is CCCCCCOC(=O)C1OC1c1ccc(C)cc1C. The lowest BCUT2D eigenvalue weighted by Gasteiger charge is -2.04. The number of hydrogen-bond acceptors (Lipinski definition) is 3. The average Bonchev–Trinajstić information content (AvgIpc) is 3.18. The van der Waals surface area contributed by atoms with Gasteiger partial charge in [0.1, 0.15) is 6.10 Å². The van der Waals surface area contributed by atoms with E-state index in [-0.39, 0.29) is 12.1 Å². The van der Waals surface area contributed by atoms with Crippen molar-refractivity contribution < 1.29 is 14.3 Å². The fraction of sp³-hybridized carbons (Fsp3) is 0.588. The maximum absolute atomic E-state index is 11.9. The summed E-state index contributed by atoms with van der Waals surface area (Å²) in [6.45, 7) is 6.79. The number of unbranched alkanes of at least 4 members (excludes halogenated alkanes) is 3. The van der Waals surface area contributed by atoms with Gasteiger partial charge in [0, 0.05) is 0 Å². The first-order valence-corrected chi connectivity index (χ1v) is 7.52. The molecule has 0 saturated carbocycles. The summed E-state index contributed by atoms with van der Waals surface area (Å²) in [5.74, 6) is -0.216. The fourth-order valence-electron chi connectivity index (χ4n) is 2.46. The summed E-state index contributed by atoms with van der Waals surface area (Å²) in [5, 5.41) is 0. The van der Waals surface area contributed by atoms with Crippen molar-refractivity contribution in [2.45, 2.75) is 58.7 Å². The van der Waals surface area contributed by atoms with Crippen molar-refractivity contribution in [3.8, 4) is 0 Å². The van der Waals surface area contributed by atoms with Crippen molar-refractivity contribution in [1.29, 1.82) is 0 Å². The summed E-state index contributed by atoms with van der Waals surface area (Å²) in [4.78, 5) is 11.9. The van der Waals surface area contributed by atoms with E-state index >= 15 is 0 Å². The summed E-state index contributed by atoms with van der Waals surface area (Å²) in [6.07, 6.45) is 3.94. The van der Waals surface area contributed by atoms with E-state index in [0.717, 1.165) is 18.4 Å². The number of carbonyl (C=O) groups is 1. The number of hydrogen-bond donors (Lipinski definition) is 0. The molecule has 2 unspecified atom stereocenters. The Morgan fingerprint density at radius 3 is 2.75 bits per heavy atom. The fourth-order valence-corrected chi connectivity index (χ4v) is 2.46. The van der Waals surface area contributed by atoms with Gasteiger partial charge in [0.2, 0.25) is 0 Å². The van der Waals surface area contributed by atoms with Crippen molar-refractivity contribution in [3.63, 3.8) is 0 Å². The van der Waals surface area contributed by atoms with Gasteiger partial charge >= 0.3 is 5.97 Å². The van der Waals surface area contributed by atoms with Crippen LogP contribution >= 0.6 is 0 Å². The van der Waals surface area contributed by atoms with Gasteiger partial charge < -0.3 is 9.47 Å². The Morgan fingerprint density at radius 2 is 2.05 bits per heavy atom. The summed E-state index contributed by atoms with van der Waals surface area (Å²) in [7, 11) is 0. The number of ether oxygens (including phenoxy) is 2. The van der Waals surface area contributed by atoms with E-state index < -0.39 is 6.10 Å². The van der Waals surface area contributed by atoms with E-state index in [2.05, 4.69) is 32.9 Å². The standard InChI is InChI=1S/C17H24O3/c1-4-5-6-7-10-19-17(18)16-15(20-16)14-9-8-12(2)11-13(14)3/h8-9,11,15-16H,4-7,10H2,1-3H3. The minimum absolute atomic E-state index is 0.112. The van der Waals surface area contributed by atoms with Crippen molar-refractivity contribution in [2.75, 3.05) is 6.61 Å². The van der Waals surface area contributed by atoms with Crippen LogP contribution in [0.25, 0.3) is 0 Å². The van der Waals surface area contributed by atoms with Crippen LogP contribution in [-0.4, -0.2) is 18.7 Å². The van der Waals surface area contributed by atoms with Gasteiger partial charge in [-0.3, -0.25) is 0 Å². The Kier molecular flexibility index (Phi) is 5.18. The lowest BCUT2D eigenvalue weighted by molar-refractivity contribution is -0.145. The molecule has 110 valence electrons. The van der Waals surface area contributed by atoms with Crippen LogP contribution in [0.3, 0.4) is 0 Å². The summed E-state index contributed by atoms with van der Waals surface area (Å²) >= 11 is 0. The van der Waals surface area contributed by atoms with Crippen molar-refractivity contribution in [1.82, 2.24) is 0 Å². The number of aryl methyl sites for hydroxylation is 2. The highest BCUT2D eigenvalue weighted by molar-refractivity contribution is 5.78. The molecule has 1 aliphatic rings. The van der Waals surface area contributed by atoms with Crippen LogP contribution < -0.4 is 0 Å². The number of esters is 1. The Labute approximate surface area is 121 Å². The number of benzene rings is 1. The molecule has 1 aromatic carbocycles. The lowest BCUT2D eigenvalue weighted by Crippen LogP contribution is -2.13. The molecular formula is C17H24O3. The topological polar surface area (TPSA) is 38.8 Å². The summed E-state index contributed by atoms with van der Waals surface area (Å²) < 4.78 is 10.8. The highest BCUT2D eigenvalue weighted by Crippen LogP contribution is 2.41. The van der Waals surface area contributed by atoms with Crippen molar-refractivity contribution in [3.05, 3.63) is 34.9 Å². The highest BCUT2D eigenvalue weighted by atomic mass is 16.6. The molecule has 2 atom stereocenters. The van der Waals surface area contributed by atoms with Crippen LogP contribution in [-0.2, 0) is 14.3 Å².